The van der Waals surface area contributed by atoms with Crippen LogP contribution in [0, 0.1) is 0 Å². The van der Waals surface area contributed by atoms with Crippen LogP contribution in [0.3, 0.4) is 0 Å². The molecule has 0 radical (unpaired) electrons. The fraction of sp³-hybridized carbons (Fsp3) is 0.562. The molecule has 2 aromatic rings. The van der Waals surface area contributed by atoms with E-state index in [2.05, 4.69) is 34.8 Å². The molecule has 0 amide bonds. The Balaban J connectivity index is 1.90. The van der Waals surface area contributed by atoms with Gasteiger partial charge in [-0.1, -0.05) is 19.6 Å². The normalized spacial score (nSPS) is 15.3. The maximum atomic E-state index is 11.5. The van der Waals surface area contributed by atoms with E-state index < -0.39 is 14.0 Å². The van der Waals surface area contributed by atoms with Crippen molar-refractivity contribution in [3.05, 3.63) is 23.0 Å². The number of fused-ring (bicyclic) bond motifs is 1. The molecule has 0 bridgehead atoms. The van der Waals surface area contributed by atoms with Gasteiger partial charge in [0.05, 0.1) is 12.0 Å². The predicted octanol–water partition coefficient (Wildman–Crippen LogP) is 3.39. The lowest BCUT2D eigenvalue weighted by molar-refractivity contribution is 0.0692. The van der Waals surface area contributed by atoms with E-state index in [0.717, 1.165) is 30.0 Å². The molecule has 0 atom stereocenters. The van der Waals surface area contributed by atoms with Crippen LogP contribution in [-0.2, 0) is 11.3 Å². The van der Waals surface area contributed by atoms with Crippen molar-refractivity contribution >= 4 is 25.1 Å². The molecule has 2 aromatic heterocycles. The summed E-state index contributed by atoms with van der Waals surface area (Å²) in [5, 5.41) is 16.6. The number of carboxylic acids is 1. The summed E-state index contributed by atoms with van der Waals surface area (Å²) in [4.78, 5) is 15.8. The number of pyridine rings is 1. The molecule has 0 saturated heterocycles. The van der Waals surface area contributed by atoms with Gasteiger partial charge >= 0.3 is 5.97 Å². The number of ether oxygens (including phenoxy) is 1. The molecule has 2 heterocycles. The van der Waals surface area contributed by atoms with Crippen molar-refractivity contribution in [3.63, 3.8) is 0 Å². The van der Waals surface area contributed by atoms with E-state index in [9.17, 15) is 9.90 Å². The van der Waals surface area contributed by atoms with E-state index in [-0.39, 0.29) is 5.69 Å². The molecule has 2 N–H and O–H groups in total. The maximum absolute atomic E-state index is 11.5. The number of hydrogen-bond donors (Lipinski definition) is 2. The van der Waals surface area contributed by atoms with Gasteiger partial charge in [-0.15, -0.1) is 0 Å². The van der Waals surface area contributed by atoms with Crippen molar-refractivity contribution in [2.75, 3.05) is 6.61 Å². The molecular weight excluding hydrogens is 310 g/mol. The van der Waals surface area contributed by atoms with Crippen molar-refractivity contribution in [1.82, 2.24) is 15.2 Å². The smallest absolute Gasteiger partial charge is 0.354 e. The molecule has 124 valence electrons. The summed E-state index contributed by atoms with van der Waals surface area (Å²) in [6, 6.07) is 1.09. The van der Waals surface area contributed by atoms with Gasteiger partial charge in [0.15, 0.2) is 11.3 Å². The lowest BCUT2D eigenvalue weighted by atomic mass is 10.0. The molecular formula is C16H23N3O3Si. The van der Waals surface area contributed by atoms with Crippen LogP contribution < -0.4 is 0 Å². The molecule has 0 aliphatic heterocycles. The first-order valence-electron chi connectivity index (χ1n) is 8.04. The molecule has 0 unspecified atom stereocenters. The highest BCUT2D eigenvalue weighted by Gasteiger charge is 2.29. The number of H-pyrrole nitrogens is 1. The number of nitrogens with one attached hydrogen (secondary N) is 1. The van der Waals surface area contributed by atoms with E-state index in [1.165, 1.54) is 0 Å². The highest BCUT2D eigenvalue weighted by molar-refractivity contribution is 6.76. The Bertz CT molecular complexity index is 732. The third-order valence-corrected chi connectivity index (χ3v) is 5.90. The number of nitrogens with zero attached hydrogens (tertiary/aromatic N) is 2. The summed E-state index contributed by atoms with van der Waals surface area (Å²) in [7, 11) is -1.14. The minimum Gasteiger partial charge on any atom is -0.477 e. The maximum Gasteiger partial charge on any atom is 0.354 e. The third-order valence-electron chi connectivity index (χ3n) is 4.20. The van der Waals surface area contributed by atoms with Crippen LogP contribution in [0.5, 0.6) is 0 Å². The third kappa shape index (κ3) is 3.61. The van der Waals surface area contributed by atoms with Gasteiger partial charge in [0.2, 0.25) is 0 Å². The van der Waals surface area contributed by atoms with E-state index in [4.69, 9.17) is 4.74 Å². The second-order valence-corrected chi connectivity index (χ2v) is 13.1. The first-order valence-corrected chi connectivity index (χ1v) is 11.7. The average Bonchev–Trinajstić information content (AvgIpc) is 3.20. The zero-order valence-electron chi connectivity index (χ0n) is 13.8. The van der Waals surface area contributed by atoms with Gasteiger partial charge in [0, 0.05) is 20.9 Å². The molecule has 6 nitrogen and oxygen atoms in total. The van der Waals surface area contributed by atoms with Crippen LogP contribution in [-0.4, -0.2) is 40.9 Å². The van der Waals surface area contributed by atoms with Gasteiger partial charge < -0.3 is 9.84 Å². The van der Waals surface area contributed by atoms with Gasteiger partial charge in [-0.3, -0.25) is 5.10 Å². The Morgan fingerprint density at radius 3 is 2.78 bits per heavy atom. The lowest BCUT2D eigenvalue weighted by Crippen LogP contribution is -2.21. The summed E-state index contributed by atoms with van der Waals surface area (Å²) in [5.74, 6) is -0.523. The lowest BCUT2D eigenvalue weighted by Gasteiger charge is -2.16. The van der Waals surface area contributed by atoms with Crippen molar-refractivity contribution in [2.45, 2.75) is 51.1 Å². The SMILES string of the molecule is C[Si](C)(C)CCOCc1c(C2CC2)cnc2n[nH]c(C(=O)O)c12. The Morgan fingerprint density at radius 1 is 1.43 bits per heavy atom. The molecule has 0 aromatic carbocycles. The standard InChI is InChI=1S/C16H23N3O3Si/c1-23(2,3)7-6-22-9-12-11(10-4-5-10)8-17-15-13(12)14(16(20)21)18-19-15/h8,10H,4-7,9H2,1-3H3,(H,20,21)(H,17,18,19). The highest BCUT2D eigenvalue weighted by Crippen LogP contribution is 2.43. The molecule has 0 spiro atoms. The fourth-order valence-electron chi connectivity index (χ4n) is 2.67. The summed E-state index contributed by atoms with van der Waals surface area (Å²) >= 11 is 0. The van der Waals surface area contributed by atoms with Gasteiger partial charge in [-0.25, -0.2) is 9.78 Å². The average molecular weight is 333 g/mol. The zero-order valence-corrected chi connectivity index (χ0v) is 14.8. The van der Waals surface area contributed by atoms with Crippen molar-refractivity contribution in [1.29, 1.82) is 0 Å². The Hall–Kier alpha value is -1.73. The summed E-state index contributed by atoms with van der Waals surface area (Å²) < 4.78 is 5.90. The van der Waals surface area contributed by atoms with E-state index in [0.29, 0.717) is 30.2 Å². The molecule has 1 aliphatic carbocycles. The highest BCUT2D eigenvalue weighted by atomic mass is 28.3. The molecule has 7 heteroatoms. The van der Waals surface area contributed by atoms with E-state index in [1.54, 1.807) is 0 Å². The second-order valence-electron chi connectivity index (χ2n) is 7.43. The van der Waals surface area contributed by atoms with E-state index >= 15 is 0 Å². The minimum absolute atomic E-state index is 0.110. The summed E-state index contributed by atoms with van der Waals surface area (Å²) in [6.07, 6.45) is 4.11. The first kappa shape index (κ1) is 16.1. The fourth-order valence-corrected chi connectivity index (χ4v) is 3.43. The Kier molecular flexibility index (Phi) is 4.24. The topological polar surface area (TPSA) is 88.1 Å². The van der Waals surface area contributed by atoms with Gasteiger partial charge in [-0.2, -0.15) is 5.10 Å². The van der Waals surface area contributed by atoms with Crippen LogP contribution >= 0.6 is 0 Å². The van der Waals surface area contributed by atoms with Crippen LogP contribution in [0.25, 0.3) is 11.0 Å². The Labute approximate surface area is 136 Å². The molecule has 1 saturated carbocycles. The minimum atomic E-state index is -1.14. The first-order chi connectivity index (χ1) is 10.9. The number of carbonyl (C=O) groups is 1. The van der Waals surface area contributed by atoms with Crippen LogP contribution in [0.2, 0.25) is 25.7 Å². The summed E-state index contributed by atoms with van der Waals surface area (Å²) in [5.41, 5.74) is 2.63. The monoisotopic (exact) mass is 333 g/mol. The number of aromatic carboxylic acids is 1. The van der Waals surface area contributed by atoms with Crippen molar-refractivity contribution in [2.24, 2.45) is 0 Å². The predicted molar refractivity (Wildman–Crippen MR) is 90.6 cm³/mol. The molecule has 3 rings (SSSR count). The second kappa shape index (κ2) is 6.05. The largest absolute Gasteiger partial charge is 0.477 e. The number of carboxylic acid groups (broad SMARTS) is 1. The molecule has 23 heavy (non-hydrogen) atoms. The summed E-state index contributed by atoms with van der Waals surface area (Å²) in [6.45, 7) is 8.08. The number of aromatic nitrogens is 3. The van der Waals surface area contributed by atoms with Gasteiger partial charge in [0.1, 0.15) is 0 Å². The van der Waals surface area contributed by atoms with Crippen molar-refractivity contribution in [3.8, 4) is 0 Å². The van der Waals surface area contributed by atoms with Crippen LogP contribution in [0.15, 0.2) is 6.20 Å². The van der Waals surface area contributed by atoms with Gasteiger partial charge in [-0.05, 0) is 35.9 Å². The molecule has 1 fully saturated rings. The van der Waals surface area contributed by atoms with Crippen LogP contribution in [0.4, 0.5) is 0 Å². The van der Waals surface area contributed by atoms with Gasteiger partial charge in [0.25, 0.3) is 0 Å². The van der Waals surface area contributed by atoms with Crippen LogP contribution in [0.1, 0.15) is 40.4 Å². The van der Waals surface area contributed by atoms with Crippen molar-refractivity contribution < 1.29 is 14.6 Å². The zero-order chi connectivity index (χ0) is 16.6. The molecule has 1 aliphatic rings. The number of rotatable bonds is 7. The quantitative estimate of drug-likeness (QED) is 0.599. The number of aromatic amines is 1. The van der Waals surface area contributed by atoms with E-state index in [1.807, 2.05) is 6.20 Å². The Morgan fingerprint density at radius 2 is 2.17 bits per heavy atom. The number of hydrogen-bond acceptors (Lipinski definition) is 4.